The first kappa shape index (κ1) is 16.6. The summed E-state index contributed by atoms with van der Waals surface area (Å²) in [6, 6.07) is 5.70. The fraction of sp³-hybridized carbons (Fsp3) is 0.421. The molecular weight excluding hydrogens is 332 g/mol. The van der Waals surface area contributed by atoms with Gasteiger partial charge in [0.2, 0.25) is 12.7 Å². The molecule has 0 radical (unpaired) electrons. The first-order valence-electron chi connectivity index (χ1n) is 8.90. The van der Waals surface area contributed by atoms with E-state index in [1.54, 1.807) is 12.2 Å². The summed E-state index contributed by atoms with van der Waals surface area (Å²) >= 11 is 0. The molecule has 1 aromatic carbocycles. The van der Waals surface area contributed by atoms with E-state index in [-0.39, 0.29) is 18.7 Å². The van der Waals surface area contributed by atoms with E-state index < -0.39 is 0 Å². The number of amides is 1. The Labute approximate surface area is 152 Å². The third-order valence-electron chi connectivity index (χ3n) is 4.66. The average Bonchev–Trinajstić information content (AvgIpc) is 3.25. The molecule has 3 heterocycles. The molecule has 2 aliphatic rings. The maximum absolute atomic E-state index is 12.3. The zero-order chi connectivity index (χ0) is 18.1. The molecule has 0 saturated heterocycles. The lowest BCUT2D eigenvalue weighted by molar-refractivity contribution is -0.117. The van der Waals surface area contributed by atoms with Crippen molar-refractivity contribution in [2.45, 2.75) is 45.2 Å². The van der Waals surface area contributed by atoms with Crippen molar-refractivity contribution in [2.75, 3.05) is 6.79 Å². The summed E-state index contributed by atoms with van der Waals surface area (Å²) in [5.41, 5.74) is 0.899. The molecule has 0 spiro atoms. The molecular formula is C19H22N4O3. The number of nitrogens with zero attached hydrogens (tertiary/aromatic N) is 3. The number of carbonyl (C=O) groups is 1. The van der Waals surface area contributed by atoms with Crippen LogP contribution in [0.25, 0.3) is 6.08 Å². The van der Waals surface area contributed by atoms with E-state index in [4.69, 9.17) is 9.47 Å². The molecule has 1 amide bonds. The van der Waals surface area contributed by atoms with Crippen LogP contribution in [0.2, 0.25) is 0 Å². The lowest BCUT2D eigenvalue weighted by Gasteiger charge is -2.25. The minimum Gasteiger partial charge on any atom is -0.454 e. The number of hydrogen-bond acceptors (Lipinski definition) is 5. The SMILES string of the molecule is CC(C)c1nnc2n1CC(NC(=O)/C=C/c1ccc3c(c1)OCO3)CC2. The minimum absolute atomic E-state index is 0.0879. The van der Waals surface area contributed by atoms with Crippen LogP contribution in [-0.4, -0.2) is 33.5 Å². The van der Waals surface area contributed by atoms with Gasteiger partial charge in [0.15, 0.2) is 11.5 Å². The number of aryl methyl sites for hydroxylation is 1. The van der Waals surface area contributed by atoms with Crippen molar-refractivity contribution in [3.8, 4) is 11.5 Å². The zero-order valence-electron chi connectivity index (χ0n) is 14.9. The van der Waals surface area contributed by atoms with Gasteiger partial charge in [-0.1, -0.05) is 19.9 Å². The quantitative estimate of drug-likeness (QED) is 0.852. The Hall–Kier alpha value is -2.83. The second kappa shape index (κ2) is 6.82. The number of ether oxygens (including phenoxy) is 2. The van der Waals surface area contributed by atoms with E-state index >= 15 is 0 Å². The number of hydrogen-bond donors (Lipinski definition) is 1. The highest BCUT2D eigenvalue weighted by Crippen LogP contribution is 2.32. The predicted octanol–water partition coefficient (Wildman–Crippen LogP) is 2.27. The first-order valence-corrected chi connectivity index (χ1v) is 8.90. The summed E-state index contributed by atoms with van der Waals surface area (Å²) in [7, 11) is 0. The van der Waals surface area contributed by atoms with Crippen LogP contribution in [0.5, 0.6) is 11.5 Å². The molecule has 1 N–H and O–H groups in total. The highest BCUT2D eigenvalue weighted by atomic mass is 16.7. The van der Waals surface area contributed by atoms with Crippen LogP contribution in [0.1, 0.15) is 43.4 Å². The molecule has 2 aliphatic heterocycles. The van der Waals surface area contributed by atoms with Crippen LogP contribution in [0.15, 0.2) is 24.3 Å². The summed E-state index contributed by atoms with van der Waals surface area (Å²) in [5.74, 6) is 3.65. The van der Waals surface area contributed by atoms with Crippen molar-refractivity contribution in [3.63, 3.8) is 0 Å². The van der Waals surface area contributed by atoms with Gasteiger partial charge in [0.25, 0.3) is 0 Å². The average molecular weight is 354 g/mol. The second-order valence-corrected chi connectivity index (χ2v) is 6.93. The third-order valence-corrected chi connectivity index (χ3v) is 4.66. The van der Waals surface area contributed by atoms with E-state index in [2.05, 4.69) is 33.9 Å². The fourth-order valence-corrected chi connectivity index (χ4v) is 3.33. The van der Waals surface area contributed by atoms with E-state index in [9.17, 15) is 4.79 Å². The number of carbonyl (C=O) groups excluding carboxylic acids is 1. The number of fused-ring (bicyclic) bond motifs is 2. The standard InChI is InChI=1S/C19H22N4O3/c1-12(2)19-22-21-17-7-5-14(10-23(17)19)20-18(24)8-4-13-3-6-15-16(9-13)26-11-25-15/h3-4,6,8-9,12,14H,5,7,10-11H2,1-2H3,(H,20,24)/b8-4+. The molecule has 0 saturated carbocycles. The zero-order valence-corrected chi connectivity index (χ0v) is 14.9. The van der Waals surface area contributed by atoms with Gasteiger partial charge in [0.1, 0.15) is 11.6 Å². The van der Waals surface area contributed by atoms with E-state index in [1.165, 1.54) is 0 Å². The Balaban J connectivity index is 1.38. The lowest BCUT2D eigenvalue weighted by Crippen LogP contribution is -2.40. The molecule has 4 rings (SSSR count). The van der Waals surface area contributed by atoms with Gasteiger partial charge in [-0.2, -0.15) is 0 Å². The molecule has 26 heavy (non-hydrogen) atoms. The van der Waals surface area contributed by atoms with Crippen molar-refractivity contribution >= 4 is 12.0 Å². The van der Waals surface area contributed by atoms with Crippen LogP contribution in [-0.2, 0) is 17.8 Å². The summed E-state index contributed by atoms with van der Waals surface area (Å²) in [6.45, 7) is 5.18. The van der Waals surface area contributed by atoms with Gasteiger partial charge < -0.3 is 19.4 Å². The molecule has 136 valence electrons. The first-order chi connectivity index (χ1) is 12.6. The van der Waals surface area contributed by atoms with Gasteiger partial charge in [-0.25, -0.2) is 0 Å². The molecule has 0 fully saturated rings. The Bertz CT molecular complexity index is 856. The summed E-state index contributed by atoms with van der Waals surface area (Å²) in [4.78, 5) is 12.3. The van der Waals surface area contributed by atoms with Gasteiger partial charge in [-0.15, -0.1) is 10.2 Å². The van der Waals surface area contributed by atoms with Crippen molar-refractivity contribution in [1.29, 1.82) is 0 Å². The lowest BCUT2D eigenvalue weighted by atomic mass is 10.1. The smallest absolute Gasteiger partial charge is 0.244 e. The fourth-order valence-electron chi connectivity index (χ4n) is 3.33. The van der Waals surface area contributed by atoms with E-state index in [0.717, 1.165) is 42.3 Å². The molecule has 2 aromatic rings. The molecule has 1 aromatic heterocycles. The monoisotopic (exact) mass is 354 g/mol. The van der Waals surface area contributed by atoms with E-state index in [1.807, 2.05) is 18.2 Å². The van der Waals surface area contributed by atoms with Crippen molar-refractivity contribution in [2.24, 2.45) is 0 Å². The van der Waals surface area contributed by atoms with E-state index in [0.29, 0.717) is 11.7 Å². The third kappa shape index (κ3) is 3.29. The Kier molecular flexibility index (Phi) is 4.36. The van der Waals surface area contributed by atoms with Gasteiger partial charge in [-0.05, 0) is 30.2 Å². The number of aromatic nitrogens is 3. The van der Waals surface area contributed by atoms with Gasteiger partial charge >= 0.3 is 0 Å². The molecule has 1 atom stereocenters. The summed E-state index contributed by atoms with van der Waals surface area (Å²) in [6.07, 6.45) is 5.04. The molecule has 7 heteroatoms. The minimum atomic E-state index is -0.102. The maximum Gasteiger partial charge on any atom is 0.244 e. The molecule has 0 bridgehead atoms. The second-order valence-electron chi connectivity index (χ2n) is 6.93. The van der Waals surface area contributed by atoms with Crippen LogP contribution in [0.4, 0.5) is 0 Å². The van der Waals surface area contributed by atoms with Crippen molar-refractivity contribution in [3.05, 3.63) is 41.5 Å². The van der Waals surface area contributed by atoms with Gasteiger partial charge in [0.05, 0.1) is 0 Å². The normalized spacial score (nSPS) is 18.3. The van der Waals surface area contributed by atoms with Crippen LogP contribution in [0.3, 0.4) is 0 Å². The molecule has 1 unspecified atom stereocenters. The largest absolute Gasteiger partial charge is 0.454 e. The number of benzene rings is 1. The van der Waals surface area contributed by atoms with Crippen molar-refractivity contribution < 1.29 is 14.3 Å². The Morgan fingerprint density at radius 1 is 1.31 bits per heavy atom. The Morgan fingerprint density at radius 2 is 2.15 bits per heavy atom. The summed E-state index contributed by atoms with van der Waals surface area (Å²) < 4.78 is 12.8. The summed E-state index contributed by atoms with van der Waals surface area (Å²) in [5, 5.41) is 11.6. The maximum atomic E-state index is 12.3. The molecule has 7 nitrogen and oxygen atoms in total. The van der Waals surface area contributed by atoms with Crippen LogP contribution < -0.4 is 14.8 Å². The van der Waals surface area contributed by atoms with Crippen LogP contribution in [0, 0.1) is 0 Å². The number of rotatable bonds is 4. The highest BCUT2D eigenvalue weighted by Gasteiger charge is 2.24. The number of nitrogens with one attached hydrogen (secondary N) is 1. The van der Waals surface area contributed by atoms with Gasteiger partial charge in [-0.3, -0.25) is 4.79 Å². The topological polar surface area (TPSA) is 78.3 Å². The highest BCUT2D eigenvalue weighted by molar-refractivity contribution is 5.92. The predicted molar refractivity (Wildman–Crippen MR) is 96.0 cm³/mol. The van der Waals surface area contributed by atoms with Crippen molar-refractivity contribution in [1.82, 2.24) is 20.1 Å². The van der Waals surface area contributed by atoms with Crippen LogP contribution >= 0.6 is 0 Å². The Morgan fingerprint density at radius 3 is 3.00 bits per heavy atom. The molecule has 0 aliphatic carbocycles. The van der Waals surface area contributed by atoms with Gasteiger partial charge in [0, 0.05) is 31.0 Å².